The Bertz CT molecular complexity index is 987. The normalized spacial score (nSPS) is 10.8. The zero-order valence-electron chi connectivity index (χ0n) is 16.7. The number of aliphatic hydroxyl groups is 1. The fraction of sp³-hybridized carbons (Fsp3) is 0.154. The molecular weight excluding hydrogens is 376 g/mol. The van der Waals surface area contributed by atoms with Crippen LogP contribution in [0.3, 0.4) is 0 Å². The van der Waals surface area contributed by atoms with Crippen LogP contribution < -0.4 is 4.74 Å². The van der Waals surface area contributed by atoms with Crippen LogP contribution in [0.5, 0.6) is 5.75 Å². The Morgan fingerprint density at radius 2 is 1.40 bits per heavy atom. The van der Waals surface area contributed by atoms with Crippen LogP contribution >= 0.6 is 0 Å². The summed E-state index contributed by atoms with van der Waals surface area (Å²) in [4.78, 5) is 24.8. The Hall–Kier alpha value is -3.50. The zero-order valence-corrected chi connectivity index (χ0v) is 16.7. The minimum absolute atomic E-state index is 0.0607. The van der Waals surface area contributed by atoms with E-state index in [4.69, 9.17) is 9.84 Å². The lowest BCUT2D eigenvalue weighted by molar-refractivity contribution is 0.103. The van der Waals surface area contributed by atoms with E-state index in [0.717, 1.165) is 12.0 Å². The lowest BCUT2D eigenvalue weighted by Crippen LogP contribution is -2.02. The summed E-state index contributed by atoms with van der Waals surface area (Å²) in [6.45, 7) is 0.699. The lowest BCUT2D eigenvalue weighted by Gasteiger charge is -2.07. The first-order valence-corrected chi connectivity index (χ1v) is 9.93. The molecule has 3 rings (SSSR count). The molecule has 30 heavy (non-hydrogen) atoms. The van der Waals surface area contributed by atoms with Crippen molar-refractivity contribution in [1.82, 2.24) is 0 Å². The van der Waals surface area contributed by atoms with Gasteiger partial charge in [-0.05, 0) is 48.7 Å². The van der Waals surface area contributed by atoms with Gasteiger partial charge in [-0.2, -0.15) is 0 Å². The van der Waals surface area contributed by atoms with E-state index in [1.165, 1.54) is 6.08 Å². The van der Waals surface area contributed by atoms with Gasteiger partial charge in [0.05, 0.1) is 6.61 Å². The number of allylic oxidation sites excluding steroid dienone is 1. The molecule has 0 aliphatic carbocycles. The minimum Gasteiger partial charge on any atom is -0.494 e. The number of benzene rings is 3. The molecule has 0 heterocycles. The molecule has 3 aromatic rings. The molecule has 0 atom stereocenters. The Morgan fingerprint density at radius 3 is 2.03 bits per heavy atom. The number of hydrogen-bond acceptors (Lipinski definition) is 4. The molecule has 0 saturated carbocycles. The molecule has 0 aliphatic rings. The Balaban J connectivity index is 1.59. The third kappa shape index (κ3) is 6.00. The number of carbonyl (C=O) groups excluding carboxylic acids is 2. The summed E-state index contributed by atoms with van der Waals surface area (Å²) < 4.78 is 5.58. The average molecular weight is 400 g/mol. The molecule has 0 unspecified atom stereocenters. The molecule has 0 aliphatic heterocycles. The summed E-state index contributed by atoms with van der Waals surface area (Å²) in [6.07, 6.45) is 4.77. The molecule has 152 valence electrons. The molecule has 0 amide bonds. The molecule has 0 spiro atoms. The fourth-order valence-corrected chi connectivity index (χ4v) is 2.89. The highest BCUT2D eigenvalue weighted by atomic mass is 16.5. The van der Waals surface area contributed by atoms with E-state index in [-0.39, 0.29) is 18.2 Å². The van der Waals surface area contributed by atoms with Crippen LogP contribution in [-0.2, 0) is 0 Å². The molecule has 0 aromatic heterocycles. The minimum atomic E-state index is -0.0716. The Labute approximate surface area is 176 Å². The van der Waals surface area contributed by atoms with Gasteiger partial charge in [-0.3, -0.25) is 9.59 Å². The number of aliphatic hydroxyl groups excluding tert-OH is 1. The van der Waals surface area contributed by atoms with E-state index in [0.29, 0.717) is 35.5 Å². The Kier molecular flexibility index (Phi) is 7.70. The van der Waals surface area contributed by atoms with Gasteiger partial charge in [0.25, 0.3) is 0 Å². The number of carbonyl (C=O) groups is 2. The topological polar surface area (TPSA) is 63.6 Å². The van der Waals surface area contributed by atoms with E-state index in [1.54, 1.807) is 54.6 Å². The number of hydrogen-bond donors (Lipinski definition) is 1. The molecule has 0 radical (unpaired) electrons. The van der Waals surface area contributed by atoms with Crippen molar-refractivity contribution in [2.75, 3.05) is 13.2 Å². The average Bonchev–Trinajstić information content (AvgIpc) is 2.81. The summed E-state index contributed by atoms with van der Waals surface area (Å²) in [5.41, 5.74) is 2.65. The van der Waals surface area contributed by atoms with Crippen LogP contribution in [0.2, 0.25) is 0 Å². The van der Waals surface area contributed by atoms with Gasteiger partial charge in [-0.25, -0.2) is 0 Å². The van der Waals surface area contributed by atoms with Crippen molar-refractivity contribution in [3.63, 3.8) is 0 Å². The van der Waals surface area contributed by atoms with E-state index >= 15 is 0 Å². The molecule has 1 N–H and O–H groups in total. The second kappa shape index (κ2) is 10.9. The number of unbranched alkanes of at least 4 members (excludes halogenated alkanes) is 1. The van der Waals surface area contributed by atoms with Gasteiger partial charge in [0.2, 0.25) is 0 Å². The first kappa shape index (κ1) is 21.2. The molecule has 4 heteroatoms. The molecule has 4 nitrogen and oxygen atoms in total. The Morgan fingerprint density at radius 1 is 0.767 bits per heavy atom. The summed E-state index contributed by atoms with van der Waals surface area (Å²) >= 11 is 0. The van der Waals surface area contributed by atoms with E-state index in [9.17, 15) is 9.59 Å². The highest BCUT2D eigenvalue weighted by molar-refractivity contribution is 6.09. The largest absolute Gasteiger partial charge is 0.494 e. The molecular formula is C26H24O4. The second-order valence-corrected chi connectivity index (χ2v) is 6.82. The van der Waals surface area contributed by atoms with Gasteiger partial charge in [0, 0.05) is 23.3 Å². The SMILES string of the molecule is O=C(C=Cc1ccc(C(=O)c2ccc(OCCCCO)cc2)cc1)c1ccccc1. The third-order valence-electron chi connectivity index (χ3n) is 4.60. The van der Waals surface area contributed by atoms with Crippen LogP contribution in [0.15, 0.2) is 84.9 Å². The van der Waals surface area contributed by atoms with Crippen LogP contribution in [0, 0.1) is 0 Å². The van der Waals surface area contributed by atoms with Crippen molar-refractivity contribution in [1.29, 1.82) is 0 Å². The summed E-state index contributed by atoms with van der Waals surface area (Å²) in [7, 11) is 0. The van der Waals surface area contributed by atoms with E-state index < -0.39 is 0 Å². The maximum absolute atomic E-state index is 12.7. The van der Waals surface area contributed by atoms with Gasteiger partial charge in [0.1, 0.15) is 5.75 Å². The lowest BCUT2D eigenvalue weighted by atomic mass is 10.0. The van der Waals surface area contributed by atoms with Crippen LogP contribution in [0.25, 0.3) is 6.08 Å². The first-order chi connectivity index (χ1) is 14.7. The third-order valence-corrected chi connectivity index (χ3v) is 4.60. The number of ether oxygens (including phenoxy) is 1. The van der Waals surface area contributed by atoms with Gasteiger partial charge in [0.15, 0.2) is 11.6 Å². The standard InChI is InChI=1S/C26H24O4/c27-18-4-5-19-30-24-15-13-23(14-16-24)26(29)22-11-8-20(9-12-22)10-17-25(28)21-6-2-1-3-7-21/h1-3,6-17,27H,4-5,18-19H2. The van der Waals surface area contributed by atoms with Crippen molar-refractivity contribution >= 4 is 17.6 Å². The smallest absolute Gasteiger partial charge is 0.193 e. The summed E-state index contributed by atoms with van der Waals surface area (Å²) in [5, 5.41) is 8.78. The first-order valence-electron chi connectivity index (χ1n) is 9.93. The quantitative estimate of drug-likeness (QED) is 0.297. The number of rotatable bonds is 10. The maximum Gasteiger partial charge on any atom is 0.193 e. The summed E-state index contributed by atoms with van der Waals surface area (Å²) in [5.74, 6) is 0.570. The predicted molar refractivity (Wildman–Crippen MR) is 118 cm³/mol. The molecule has 0 fully saturated rings. The number of ketones is 2. The highest BCUT2D eigenvalue weighted by Gasteiger charge is 2.09. The highest BCUT2D eigenvalue weighted by Crippen LogP contribution is 2.17. The van der Waals surface area contributed by atoms with Gasteiger partial charge in [-0.15, -0.1) is 0 Å². The van der Waals surface area contributed by atoms with Crippen molar-refractivity contribution < 1.29 is 19.4 Å². The van der Waals surface area contributed by atoms with E-state index in [1.807, 2.05) is 30.3 Å². The van der Waals surface area contributed by atoms with Crippen LogP contribution in [-0.4, -0.2) is 29.9 Å². The van der Waals surface area contributed by atoms with Crippen LogP contribution in [0.1, 0.15) is 44.7 Å². The summed E-state index contributed by atoms with van der Waals surface area (Å²) in [6, 6.07) is 23.3. The van der Waals surface area contributed by atoms with Gasteiger partial charge < -0.3 is 9.84 Å². The molecule has 3 aromatic carbocycles. The van der Waals surface area contributed by atoms with Crippen LogP contribution in [0.4, 0.5) is 0 Å². The van der Waals surface area contributed by atoms with Crippen molar-refractivity contribution in [3.8, 4) is 5.75 Å². The predicted octanol–water partition coefficient (Wildman–Crippen LogP) is 4.97. The van der Waals surface area contributed by atoms with E-state index in [2.05, 4.69) is 0 Å². The second-order valence-electron chi connectivity index (χ2n) is 6.82. The molecule has 0 bridgehead atoms. The van der Waals surface area contributed by atoms with Gasteiger partial charge in [-0.1, -0.05) is 60.7 Å². The van der Waals surface area contributed by atoms with Gasteiger partial charge >= 0.3 is 0 Å². The van der Waals surface area contributed by atoms with Crippen molar-refractivity contribution in [2.45, 2.75) is 12.8 Å². The monoisotopic (exact) mass is 400 g/mol. The molecule has 0 saturated heterocycles. The maximum atomic E-state index is 12.7. The zero-order chi connectivity index (χ0) is 21.2. The van der Waals surface area contributed by atoms with Crippen molar-refractivity contribution in [2.24, 2.45) is 0 Å². The van der Waals surface area contributed by atoms with Crippen molar-refractivity contribution in [3.05, 3.63) is 107 Å². The fourth-order valence-electron chi connectivity index (χ4n) is 2.89.